The number of hydrogen-bond acceptors (Lipinski definition) is 7. The molecule has 0 spiro atoms. The van der Waals surface area contributed by atoms with Crippen molar-refractivity contribution in [3.8, 4) is 11.8 Å². The number of nitrogens with zero attached hydrogens (tertiary/aromatic N) is 3. The summed E-state index contributed by atoms with van der Waals surface area (Å²) in [6, 6.07) is 2.06. The van der Waals surface area contributed by atoms with E-state index in [1.165, 1.54) is 12.3 Å². The van der Waals surface area contributed by atoms with Crippen LogP contribution < -0.4 is 20.1 Å². The third-order valence-electron chi connectivity index (χ3n) is 3.73. The maximum absolute atomic E-state index is 12.1. The highest BCUT2D eigenvalue weighted by atomic mass is 19.3. The topological polar surface area (TPSA) is 97.0 Å². The summed E-state index contributed by atoms with van der Waals surface area (Å²) >= 11 is 0. The van der Waals surface area contributed by atoms with E-state index in [4.69, 9.17) is 4.74 Å². The van der Waals surface area contributed by atoms with Gasteiger partial charge in [-0.25, -0.2) is 0 Å². The Morgan fingerprint density at radius 3 is 2.68 bits per heavy atom. The van der Waals surface area contributed by atoms with Gasteiger partial charge in [0.1, 0.15) is 11.9 Å². The highest BCUT2D eigenvalue weighted by Crippen LogP contribution is 2.22. The van der Waals surface area contributed by atoms with Crippen molar-refractivity contribution in [3.05, 3.63) is 18.5 Å². The third kappa shape index (κ3) is 4.99. The Balaban J connectivity index is 1.62. The van der Waals surface area contributed by atoms with Gasteiger partial charge in [0.25, 0.3) is 0 Å². The standard InChI is InChI=1S/C15H20F2N6O2/c1-8-3-10(4-9(2)19-8)24-14-7-18-6-12(21-14)20-11-5-13(23-22-11)25-15(16)17/h5-10,15,19H,3-4H2,1-2H3,(H2,20,21,22,23). The average molecular weight is 354 g/mol. The molecule has 0 bridgehead atoms. The molecule has 1 fully saturated rings. The zero-order chi connectivity index (χ0) is 17.8. The summed E-state index contributed by atoms with van der Waals surface area (Å²) in [4.78, 5) is 8.42. The lowest BCUT2D eigenvalue weighted by Gasteiger charge is -2.32. The molecule has 2 aromatic heterocycles. The number of alkyl halides is 2. The Morgan fingerprint density at radius 2 is 1.96 bits per heavy atom. The Kier molecular flexibility index (Phi) is 5.27. The van der Waals surface area contributed by atoms with Crippen LogP contribution in [0.3, 0.4) is 0 Å². The van der Waals surface area contributed by atoms with Gasteiger partial charge in [-0.15, -0.1) is 5.10 Å². The summed E-state index contributed by atoms with van der Waals surface area (Å²) in [6.45, 7) is 1.31. The Morgan fingerprint density at radius 1 is 1.20 bits per heavy atom. The van der Waals surface area contributed by atoms with Crippen molar-refractivity contribution < 1.29 is 18.3 Å². The largest absolute Gasteiger partial charge is 0.473 e. The van der Waals surface area contributed by atoms with Crippen molar-refractivity contribution in [2.24, 2.45) is 0 Å². The minimum Gasteiger partial charge on any atom is -0.473 e. The molecule has 3 rings (SSSR count). The van der Waals surface area contributed by atoms with Crippen molar-refractivity contribution in [2.45, 2.75) is 51.5 Å². The molecule has 0 aromatic carbocycles. The molecule has 1 saturated heterocycles. The molecule has 0 aliphatic carbocycles. The molecular formula is C15H20F2N6O2. The summed E-state index contributed by atoms with van der Waals surface area (Å²) in [5.74, 6) is 0.946. The van der Waals surface area contributed by atoms with Crippen LogP contribution in [-0.4, -0.2) is 45.0 Å². The van der Waals surface area contributed by atoms with Crippen LogP contribution in [0.1, 0.15) is 26.7 Å². The molecule has 136 valence electrons. The van der Waals surface area contributed by atoms with Gasteiger partial charge in [-0.1, -0.05) is 0 Å². The maximum atomic E-state index is 12.1. The lowest BCUT2D eigenvalue weighted by Crippen LogP contribution is -2.46. The fourth-order valence-corrected chi connectivity index (χ4v) is 2.90. The summed E-state index contributed by atoms with van der Waals surface area (Å²) in [6.07, 6.45) is 4.88. The normalized spacial score (nSPS) is 23.5. The van der Waals surface area contributed by atoms with E-state index in [9.17, 15) is 8.78 Å². The van der Waals surface area contributed by atoms with Crippen LogP contribution in [-0.2, 0) is 0 Å². The number of H-pyrrole nitrogens is 1. The van der Waals surface area contributed by atoms with Crippen LogP contribution in [0.5, 0.6) is 11.8 Å². The van der Waals surface area contributed by atoms with Crippen molar-refractivity contribution >= 4 is 11.6 Å². The maximum Gasteiger partial charge on any atom is 0.388 e. The number of nitrogens with one attached hydrogen (secondary N) is 3. The number of anilines is 2. The first kappa shape index (κ1) is 17.3. The third-order valence-corrected chi connectivity index (χ3v) is 3.73. The minimum atomic E-state index is -2.93. The molecule has 3 heterocycles. The molecule has 0 amide bonds. The molecule has 10 heteroatoms. The Labute approximate surface area is 143 Å². The molecule has 1 aliphatic rings. The fourth-order valence-electron chi connectivity index (χ4n) is 2.90. The molecule has 2 aromatic rings. The molecule has 8 nitrogen and oxygen atoms in total. The Bertz CT molecular complexity index is 688. The summed E-state index contributed by atoms with van der Waals surface area (Å²) in [7, 11) is 0. The number of aromatic amines is 1. The van der Waals surface area contributed by atoms with Crippen molar-refractivity contribution in [1.82, 2.24) is 25.5 Å². The molecule has 0 radical (unpaired) electrons. The highest BCUT2D eigenvalue weighted by molar-refractivity contribution is 5.51. The van der Waals surface area contributed by atoms with E-state index in [0.29, 0.717) is 29.6 Å². The molecule has 1 aliphatic heterocycles. The first-order valence-corrected chi connectivity index (χ1v) is 8.00. The van der Waals surface area contributed by atoms with Gasteiger partial charge in [0.2, 0.25) is 11.8 Å². The van der Waals surface area contributed by atoms with Gasteiger partial charge >= 0.3 is 6.61 Å². The van der Waals surface area contributed by atoms with Crippen molar-refractivity contribution in [2.75, 3.05) is 5.32 Å². The van der Waals surface area contributed by atoms with E-state index in [-0.39, 0.29) is 12.0 Å². The van der Waals surface area contributed by atoms with E-state index >= 15 is 0 Å². The molecule has 25 heavy (non-hydrogen) atoms. The van der Waals surface area contributed by atoms with Crippen LogP contribution in [0.25, 0.3) is 0 Å². The molecule has 2 atom stereocenters. The van der Waals surface area contributed by atoms with Crippen LogP contribution in [0.2, 0.25) is 0 Å². The zero-order valence-electron chi connectivity index (χ0n) is 13.9. The second kappa shape index (κ2) is 7.60. The van der Waals surface area contributed by atoms with Crippen LogP contribution in [0.15, 0.2) is 18.5 Å². The summed E-state index contributed by atoms with van der Waals surface area (Å²) in [5.41, 5.74) is 0. The second-order valence-electron chi connectivity index (χ2n) is 6.05. The summed E-state index contributed by atoms with van der Waals surface area (Å²) in [5, 5.41) is 12.5. The van der Waals surface area contributed by atoms with Gasteiger partial charge in [0.15, 0.2) is 5.82 Å². The molecular weight excluding hydrogens is 334 g/mol. The number of aromatic nitrogens is 4. The molecule has 0 saturated carbocycles. The smallest absolute Gasteiger partial charge is 0.388 e. The lowest BCUT2D eigenvalue weighted by atomic mass is 9.98. The SMILES string of the molecule is CC1CC(Oc2cncc(Nc3cc(OC(F)F)n[nH]3)n2)CC(C)N1. The predicted molar refractivity (Wildman–Crippen MR) is 86.2 cm³/mol. The number of rotatable bonds is 6. The number of ether oxygens (including phenoxy) is 2. The van der Waals surface area contributed by atoms with Crippen LogP contribution >= 0.6 is 0 Å². The van der Waals surface area contributed by atoms with E-state index < -0.39 is 6.61 Å². The number of piperidine rings is 1. The monoisotopic (exact) mass is 354 g/mol. The fraction of sp³-hybridized carbons (Fsp3) is 0.533. The van der Waals surface area contributed by atoms with E-state index in [2.05, 4.69) is 49.4 Å². The first-order chi connectivity index (χ1) is 12.0. The molecule has 2 unspecified atom stereocenters. The van der Waals surface area contributed by atoms with Crippen LogP contribution in [0.4, 0.5) is 20.4 Å². The van der Waals surface area contributed by atoms with Gasteiger partial charge in [-0.3, -0.25) is 10.1 Å². The van der Waals surface area contributed by atoms with Crippen LogP contribution in [0, 0.1) is 0 Å². The summed E-state index contributed by atoms with van der Waals surface area (Å²) < 4.78 is 34.4. The van der Waals surface area contributed by atoms with Crippen molar-refractivity contribution in [3.63, 3.8) is 0 Å². The van der Waals surface area contributed by atoms with Crippen molar-refractivity contribution in [1.29, 1.82) is 0 Å². The van der Waals surface area contributed by atoms with E-state index in [0.717, 1.165) is 12.8 Å². The number of halogens is 2. The van der Waals surface area contributed by atoms with E-state index in [1.807, 2.05) is 0 Å². The van der Waals surface area contributed by atoms with Gasteiger partial charge in [-0.05, 0) is 26.7 Å². The predicted octanol–water partition coefficient (Wildman–Crippen LogP) is 2.45. The van der Waals surface area contributed by atoms with E-state index in [1.54, 1.807) is 6.20 Å². The van der Waals surface area contributed by atoms with Gasteiger partial charge in [0, 0.05) is 18.2 Å². The second-order valence-corrected chi connectivity index (χ2v) is 6.05. The van der Waals surface area contributed by atoms with Gasteiger partial charge < -0.3 is 20.1 Å². The molecule has 3 N–H and O–H groups in total. The zero-order valence-corrected chi connectivity index (χ0v) is 13.9. The number of hydrogen-bond donors (Lipinski definition) is 3. The Hall–Kier alpha value is -2.49. The minimum absolute atomic E-state index is 0.0639. The van der Waals surface area contributed by atoms with Gasteiger partial charge in [-0.2, -0.15) is 13.8 Å². The first-order valence-electron chi connectivity index (χ1n) is 8.00. The average Bonchev–Trinajstić information content (AvgIpc) is 2.92. The van der Waals surface area contributed by atoms with Gasteiger partial charge in [0.05, 0.1) is 12.4 Å². The lowest BCUT2D eigenvalue weighted by molar-refractivity contribution is -0.0528. The quantitative estimate of drug-likeness (QED) is 0.733. The highest BCUT2D eigenvalue weighted by Gasteiger charge is 2.25.